The SMILES string of the molecule is O=c1[nH]nc(SC[C@@H]2CCCO2)n1C1CC1. The molecule has 3 rings (SSSR count). The van der Waals surface area contributed by atoms with Crippen molar-refractivity contribution in [2.75, 3.05) is 12.4 Å². The van der Waals surface area contributed by atoms with Crippen LogP contribution in [-0.4, -0.2) is 33.2 Å². The first-order valence-electron chi connectivity index (χ1n) is 5.76. The van der Waals surface area contributed by atoms with Gasteiger partial charge < -0.3 is 4.74 Å². The van der Waals surface area contributed by atoms with Gasteiger partial charge in [0.2, 0.25) is 0 Å². The van der Waals surface area contributed by atoms with Crippen LogP contribution in [-0.2, 0) is 4.74 Å². The molecule has 1 aromatic rings. The molecule has 2 heterocycles. The zero-order valence-electron chi connectivity index (χ0n) is 9.02. The third-order valence-corrected chi connectivity index (χ3v) is 4.09. The molecular formula is C10H15N3O2S. The van der Waals surface area contributed by atoms with Crippen LogP contribution in [0.25, 0.3) is 0 Å². The minimum Gasteiger partial charge on any atom is -0.377 e. The lowest BCUT2D eigenvalue weighted by molar-refractivity contribution is 0.129. The first-order chi connectivity index (χ1) is 7.84. The topological polar surface area (TPSA) is 59.9 Å². The molecule has 5 nitrogen and oxygen atoms in total. The maximum absolute atomic E-state index is 11.5. The van der Waals surface area contributed by atoms with Crippen LogP contribution in [0.2, 0.25) is 0 Å². The van der Waals surface area contributed by atoms with Gasteiger partial charge in [0, 0.05) is 18.4 Å². The Balaban J connectivity index is 1.66. The van der Waals surface area contributed by atoms with E-state index in [0.717, 1.165) is 43.2 Å². The van der Waals surface area contributed by atoms with Gasteiger partial charge in [0.05, 0.1) is 6.10 Å². The first kappa shape index (κ1) is 10.4. The predicted octanol–water partition coefficient (Wildman–Crippen LogP) is 1.18. The monoisotopic (exact) mass is 241 g/mol. The molecule has 1 aliphatic heterocycles. The number of nitrogens with zero attached hydrogens (tertiary/aromatic N) is 2. The number of hydrogen-bond donors (Lipinski definition) is 1. The fraction of sp³-hybridized carbons (Fsp3) is 0.800. The summed E-state index contributed by atoms with van der Waals surface area (Å²) in [7, 11) is 0. The second kappa shape index (κ2) is 4.25. The molecule has 0 unspecified atom stereocenters. The van der Waals surface area contributed by atoms with Gasteiger partial charge in [0.25, 0.3) is 0 Å². The molecule has 0 bridgehead atoms. The van der Waals surface area contributed by atoms with Crippen LogP contribution in [0.5, 0.6) is 0 Å². The van der Waals surface area contributed by atoms with E-state index in [1.807, 2.05) is 0 Å². The van der Waals surface area contributed by atoms with Gasteiger partial charge in [0.15, 0.2) is 5.16 Å². The first-order valence-corrected chi connectivity index (χ1v) is 6.74. The molecule has 0 spiro atoms. The van der Waals surface area contributed by atoms with Crippen molar-refractivity contribution in [1.29, 1.82) is 0 Å². The number of H-pyrrole nitrogens is 1. The Bertz CT molecular complexity index is 418. The number of nitrogens with one attached hydrogen (secondary N) is 1. The van der Waals surface area contributed by atoms with Crippen LogP contribution < -0.4 is 5.69 Å². The lowest BCUT2D eigenvalue weighted by atomic mass is 10.3. The summed E-state index contributed by atoms with van der Waals surface area (Å²) in [6.45, 7) is 0.876. The van der Waals surface area contributed by atoms with E-state index in [1.165, 1.54) is 0 Å². The molecular weight excluding hydrogens is 226 g/mol. The molecule has 1 aliphatic carbocycles. The van der Waals surface area contributed by atoms with E-state index in [0.29, 0.717) is 12.1 Å². The Morgan fingerprint density at radius 1 is 1.50 bits per heavy atom. The van der Waals surface area contributed by atoms with Crippen LogP contribution in [0.4, 0.5) is 0 Å². The summed E-state index contributed by atoms with van der Waals surface area (Å²) in [6, 6.07) is 0.387. The standard InChI is InChI=1S/C10H15N3O2S/c14-9-11-12-10(13(9)7-3-4-7)16-6-8-2-1-5-15-8/h7-8H,1-6H2,(H,11,14)/t8-/m0/s1. The summed E-state index contributed by atoms with van der Waals surface area (Å²) in [4.78, 5) is 11.5. The Kier molecular flexibility index (Phi) is 2.77. The molecule has 1 saturated carbocycles. The molecule has 16 heavy (non-hydrogen) atoms. The van der Waals surface area contributed by atoms with E-state index in [4.69, 9.17) is 4.74 Å². The van der Waals surface area contributed by atoms with Crippen molar-refractivity contribution in [3.8, 4) is 0 Å². The van der Waals surface area contributed by atoms with Gasteiger partial charge in [-0.3, -0.25) is 4.57 Å². The lowest BCUT2D eigenvalue weighted by Gasteiger charge is -2.08. The number of ether oxygens (including phenoxy) is 1. The van der Waals surface area contributed by atoms with Crippen molar-refractivity contribution in [2.24, 2.45) is 0 Å². The fourth-order valence-electron chi connectivity index (χ4n) is 1.99. The third-order valence-electron chi connectivity index (χ3n) is 3.01. The predicted molar refractivity (Wildman–Crippen MR) is 60.8 cm³/mol. The van der Waals surface area contributed by atoms with Crippen LogP contribution in [0.3, 0.4) is 0 Å². The van der Waals surface area contributed by atoms with Gasteiger partial charge in [-0.1, -0.05) is 11.8 Å². The Morgan fingerprint density at radius 2 is 2.38 bits per heavy atom. The molecule has 2 aliphatic rings. The molecule has 1 N–H and O–H groups in total. The van der Waals surface area contributed by atoms with Crippen LogP contribution >= 0.6 is 11.8 Å². The normalized spacial score (nSPS) is 25.1. The Hall–Kier alpha value is -0.750. The van der Waals surface area contributed by atoms with Gasteiger partial charge in [-0.25, -0.2) is 9.89 Å². The molecule has 2 fully saturated rings. The molecule has 1 aromatic heterocycles. The zero-order valence-corrected chi connectivity index (χ0v) is 9.83. The quantitative estimate of drug-likeness (QED) is 0.804. The van der Waals surface area contributed by atoms with E-state index in [9.17, 15) is 4.79 Å². The summed E-state index contributed by atoms with van der Waals surface area (Å²) >= 11 is 1.63. The van der Waals surface area contributed by atoms with E-state index >= 15 is 0 Å². The molecule has 0 amide bonds. The maximum atomic E-state index is 11.5. The molecule has 1 atom stereocenters. The Labute approximate surface area is 97.6 Å². The lowest BCUT2D eigenvalue weighted by Crippen LogP contribution is -2.16. The van der Waals surface area contributed by atoms with E-state index in [2.05, 4.69) is 10.2 Å². The molecule has 0 aromatic carbocycles. The number of rotatable bonds is 4. The van der Waals surface area contributed by atoms with E-state index in [-0.39, 0.29) is 5.69 Å². The number of hydrogen-bond acceptors (Lipinski definition) is 4. The zero-order chi connectivity index (χ0) is 11.0. The second-order valence-corrected chi connectivity index (χ2v) is 5.35. The third kappa shape index (κ3) is 2.04. The maximum Gasteiger partial charge on any atom is 0.344 e. The highest BCUT2D eigenvalue weighted by atomic mass is 32.2. The van der Waals surface area contributed by atoms with E-state index in [1.54, 1.807) is 16.3 Å². The van der Waals surface area contributed by atoms with Crippen molar-refractivity contribution < 1.29 is 4.74 Å². The van der Waals surface area contributed by atoms with Gasteiger partial charge in [-0.2, -0.15) is 0 Å². The molecule has 6 heteroatoms. The number of aromatic amines is 1. The minimum absolute atomic E-state index is 0.0719. The summed E-state index contributed by atoms with van der Waals surface area (Å²) < 4.78 is 7.34. The highest BCUT2D eigenvalue weighted by Crippen LogP contribution is 2.36. The summed E-state index contributed by atoms with van der Waals surface area (Å²) in [5.41, 5.74) is -0.0719. The van der Waals surface area contributed by atoms with Crippen LogP contribution in [0, 0.1) is 0 Å². The molecule has 0 radical (unpaired) electrons. The van der Waals surface area contributed by atoms with Gasteiger partial charge in [-0.05, 0) is 25.7 Å². The van der Waals surface area contributed by atoms with Crippen molar-refractivity contribution in [1.82, 2.24) is 14.8 Å². The largest absolute Gasteiger partial charge is 0.377 e. The van der Waals surface area contributed by atoms with Gasteiger partial charge in [0.1, 0.15) is 0 Å². The molecule has 88 valence electrons. The average Bonchev–Trinajstić information content (AvgIpc) is 2.85. The van der Waals surface area contributed by atoms with Crippen molar-refractivity contribution >= 4 is 11.8 Å². The van der Waals surface area contributed by atoms with Gasteiger partial charge in [-0.15, -0.1) is 5.10 Å². The van der Waals surface area contributed by atoms with Gasteiger partial charge >= 0.3 is 5.69 Å². The van der Waals surface area contributed by atoms with Crippen LogP contribution in [0.15, 0.2) is 9.95 Å². The van der Waals surface area contributed by atoms with Crippen molar-refractivity contribution in [3.05, 3.63) is 10.5 Å². The van der Waals surface area contributed by atoms with Crippen LogP contribution in [0.1, 0.15) is 31.7 Å². The fourth-order valence-corrected chi connectivity index (χ4v) is 3.07. The van der Waals surface area contributed by atoms with Crippen molar-refractivity contribution in [2.45, 2.75) is 43.0 Å². The Morgan fingerprint density at radius 3 is 3.06 bits per heavy atom. The van der Waals surface area contributed by atoms with Crippen molar-refractivity contribution in [3.63, 3.8) is 0 Å². The summed E-state index contributed by atoms with van der Waals surface area (Å²) in [5.74, 6) is 0.900. The van der Waals surface area contributed by atoms with E-state index < -0.39 is 0 Å². The minimum atomic E-state index is -0.0719. The highest BCUT2D eigenvalue weighted by molar-refractivity contribution is 7.99. The number of thioether (sulfide) groups is 1. The smallest absolute Gasteiger partial charge is 0.344 e. The molecule has 1 saturated heterocycles. The number of aromatic nitrogens is 3. The summed E-state index contributed by atoms with van der Waals surface area (Å²) in [6.07, 6.45) is 4.83. The average molecular weight is 241 g/mol. The summed E-state index contributed by atoms with van der Waals surface area (Å²) in [5, 5.41) is 7.42. The highest BCUT2D eigenvalue weighted by Gasteiger charge is 2.29. The second-order valence-electron chi connectivity index (χ2n) is 4.36.